The third kappa shape index (κ3) is 3.63. The summed E-state index contributed by atoms with van der Waals surface area (Å²) in [5.41, 5.74) is 5.70. The summed E-state index contributed by atoms with van der Waals surface area (Å²) >= 11 is 0. The second kappa shape index (κ2) is 6.55. The van der Waals surface area contributed by atoms with Crippen LogP contribution >= 0.6 is 0 Å². The standard InChI is InChI=1S/C21H21N3O/c1-14-11-15(7-10-18(14)16-5-3-2-4-6-16)12-21(25)22-20-13-19(23-24-20)17-8-9-17/h2-7,10-11,13,17H,8-9,12H2,1H3,(H2,22,23,24,25). The zero-order valence-corrected chi connectivity index (χ0v) is 14.3. The van der Waals surface area contributed by atoms with E-state index in [1.165, 1.54) is 29.5 Å². The molecule has 0 bridgehead atoms. The number of aryl methyl sites for hydroxylation is 1. The molecule has 2 aromatic carbocycles. The Morgan fingerprint density at radius 3 is 2.68 bits per heavy atom. The molecule has 0 saturated heterocycles. The summed E-state index contributed by atoms with van der Waals surface area (Å²) in [6.45, 7) is 2.08. The number of hydrogen-bond acceptors (Lipinski definition) is 2. The average Bonchev–Trinajstić information content (AvgIpc) is 3.36. The topological polar surface area (TPSA) is 57.8 Å². The molecule has 0 spiro atoms. The molecule has 0 atom stereocenters. The lowest BCUT2D eigenvalue weighted by atomic mass is 9.97. The van der Waals surface area contributed by atoms with E-state index >= 15 is 0 Å². The molecule has 4 nitrogen and oxygen atoms in total. The van der Waals surface area contributed by atoms with Crippen molar-refractivity contribution in [1.82, 2.24) is 10.2 Å². The number of carbonyl (C=O) groups excluding carboxylic acids is 1. The van der Waals surface area contributed by atoms with Gasteiger partial charge in [-0.2, -0.15) is 5.10 Å². The summed E-state index contributed by atoms with van der Waals surface area (Å²) in [5, 5.41) is 10.1. The van der Waals surface area contributed by atoms with Gasteiger partial charge in [-0.25, -0.2) is 0 Å². The SMILES string of the molecule is Cc1cc(CC(=O)Nc2cc(C3CC3)[nH]n2)ccc1-c1ccccc1. The van der Waals surface area contributed by atoms with Crippen molar-refractivity contribution in [3.8, 4) is 11.1 Å². The van der Waals surface area contributed by atoms with Gasteiger partial charge in [-0.3, -0.25) is 9.89 Å². The highest BCUT2D eigenvalue weighted by Crippen LogP contribution is 2.39. The Balaban J connectivity index is 1.43. The minimum atomic E-state index is -0.0410. The highest BCUT2D eigenvalue weighted by molar-refractivity contribution is 5.91. The minimum absolute atomic E-state index is 0.0410. The molecular weight excluding hydrogens is 310 g/mol. The monoisotopic (exact) mass is 331 g/mol. The predicted molar refractivity (Wildman–Crippen MR) is 99.5 cm³/mol. The summed E-state index contributed by atoms with van der Waals surface area (Å²) in [4.78, 5) is 12.3. The largest absolute Gasteiger partial charge is 0.309 e. The van der Waals surface area contributed by atoms with Gasteiger partial charge in [0.05, 0.1) is 6.42 Å². The lowest BCUT2D eigenvalue weighted by Gasteiger charge is -2.09. The Morgan fingerprint density at radius 2 is 1.96 bits per heavy atom. The average molecular weight is 331 g/mol. The third-order valence-electron chi connectivity index (χ3n) is 4.62. The van der Waals surface area contributed by atoms with E-state index in [0.29, 0.717) is 18.2 Å². The zero-order valence-electron chi connectivity index (χ0n) is 14.3. The van der Waals surface area contributed by atoms with Gasteiger partial charge < -0.3 is 5.32 Å². The Hall–Kier alpha value is -2.88. The summed E-state index contributed by atoms with van der Waals surface area (Å²) < 4.78 is 0. The van der Waals surface area contributed by atoms with Crippen molar-refractivity contribution in [1.29, 1.82) is 0 Å². The van der Waals surface area contributed by atoms with E-state index in [0.717, 1.165) is 11.3 Å². The molecule has 0 unspecified atom stereocenters. The molecule has 1 heterocycles. The molecule has 25 heavy (non-hydrogen) atoms. The first kappa shape index (κ1) is 15.6. The number of hydrogen-bond donors (Lipinski definition) is 2. The maximum atomic E-state index is 12.3. The number of benzene rings is 2. The van der Waals surface area contributed by atoms with Crippen LogP contribution in [0, 0.1) is 6.92 Å². The number of nitrogens with zero attached hydrogens (tertiary/aromatic N) is 1. The number of aromatic amines is 1. The Morgan fingerprint density at radius 1 is 1.16 bits per heavy atom. The van der Waals surface area contributed by atoms with Gasteiger partial charge in [0, 0.05) is 17.7 Å². The highest BCUT2D eigenvalue weighted by atomic mass is 16.1. The van der Waals surface area contributed by atoms with Crippen molar-refractivity contribution in [2.75, 3.05) is 5.32 Å². The van der Waals surface area contributed by atoms with Crippen molar-refractivity contribution in [2.24, 2.45) is 0 Å². The van der Waals surface area contributed by atoms with Crippen molar-refractivity contribution in [3.63, 3.8) is 0 Å². The number of carbonyl (C=O) groups is 1. The van der Waals surface area contributed by atoms with Crippen LogP contribution in [0.15, 0.2) is 54.6 Å². The van der Waals surface area contributed by atoms with Gasteiger partial charge >= 0.3 is 0 Å². The van der Waals surface area contributed by atoms with Crippen LogP contribution in [0.5, 0.6) is 0 Å². The molecule has 3 aromatic rings. The summed E-state index contributed by atoms with van der Waals surface area (Å²) in [6, 6.07) is 18.4. The fourth-order valence-electron chi connectivity index (χ4n) is 3.15. The molecule has 1 aliphatic rings. The van der Waals surface area contributed by atoms with Crippen LogP contribution in [-0.4, -0.2) is 16.1 Å². The first-order valence-electron chi connectivity index (χ1n) is 8.69. The molecule has 1 aromatic heterocycles. The lowest BCUT2D eigenvalue weighted by molar-refractivity contribution is -0.115. The molecule has 4 heteroatoms. The van der Waals surface area contributed by atoms with Crippen molar-refractivity contribution in [2.45, 2.75) is 32.1 Å². The van der Waals surface area contributed by atoms with E-state index in [9.17, 15) is 4.79 Å². The third-order valence-corrected chi connectivity index (χ3v) is 4.62. The van der Waals surface area contributed by atoms with Crippen LogP contribution in [0.4, 0.5) is 5.82 Å². The molecule has 126 valence electrons. The second-order valence-electron chi connectivity index (χ2n) is 6.72. The van der Waals surface area contributed by atoms with Crippen LogP contribution in [0.2, 0.25) is 0 Å². The molecule has 2 N–H and O–H groups in total. The maximum absolute atomic E-state index is 12.3. The van der Waals surface area contributed by atoms with E-state index < -0.39 is 0 Å². The molecule has 0 radical (unpaired) electrons. The van der Waals surface area contributed by atoms with Crippen molar-refractivity contribution in [3.05, 3.63) is 71.4 Å². The smallest absolute Gasteiger partial charge is 0.229 e. The second-order valence-corrected chi connectivity index (χ2v) is 6.72. The van der Waals surface area contributed by atoms with E-state index in [4.69, 9.17) is 0 Å². The van der Waals surface area contributed by atoms with Gasteiger partial charge in [-0.1, -0.05) is 48.5 Å². The van der Waals surface area contributed by atoms with Gasteiger partial charge in [-0.15, -0.1) is 0 Å². The van der Waals surface area contributed by atoms with E-state index in [1.54, 1.807) is 0 Å². The van der Waals surface area contributed by atoms with E-state index in [1.807, 2.05) is 30.3 Å². The number of amides is 1. The maximum Gasteiger partial charge on any atom is 0.229 e. The van der Waals surface area contributed by atoms with Crippen LogP contribution in [0.25, 0.3) is 11.1 Å². The molecular formula is C21H21N3O. The van der Waals surface area contributed by atoms with Gasteiger partial charge in [0.25, 0.3) is 0 Å². The molecule has 1 aliphatic carbocycles. The van der Waals surface area contributed by atoms with Crippen LogP contribution in [0.1, 0.15) is 35.6 Å². The first-order valence-corrected chi connectivity index (χ1v) is 8.69. The zero-order chi connectivity index (χ0) is 17.2. The van der Waals surface area contributed by atoms with Crippen molar-refractivity contribution < 1.29 is 4.79 Å². The Bertz CT molecular complexity index is 895. The number of H-pyrrole nitrogens is 1. The highest BCUT2D eigenvalue weighted by Gasteiger charge is 2.25. The summed E-state index contributed by atoms with van der Waals surface area (Å²) in [5.74, 6) is 1.18. The molecule has 1 fully saturated rings. The Kier molecular flexibility index (Phi) is 4.10. The number of rotatable bonds is 5. The quantitative estimate of drug-likeness (QED) is 0.726. The predicted octanol–water partition coefficient (Wildman–Crippen LogP) is 4.44. The van der Waals surface area contributed by atoms with Gasteiger partial charge in [0.2, 0.25) is 5.91 Å². The van der Waals surface area contributed by atoms with E-state index in [-0.39, 0.29) is 5.91 Å². The summed E-state index contributed by atoms with van der Waals surface area (Å²) in [6.07, 6.45) is 2.77. The van der Waals surface area contributed by atoms with Crippen molar-refractivity contribution >= 4 is 11.7 Å². The fraction of sp³-hybridized carbons (Fsp3) is 0.238. The van der Waals surface area contributed by atoms with Gasteiger partial charge in [0.15, 0.2) is 5.82 Å². The molecule has 4 rings (SSSR count). The fourth-order valence-corrected chi connectivity index (χ4v) is 3.15. The normalized spacial score (nSPS) is 13.6. The van der Waals surface area contributed by atoms with Crippen LogP contribution in [0.3, 0.4) is 0 Å². The Labute approximate surface area is 147 Å². The summed E-state index contributed by atoms with van der Waals surface area (Å²) in [7, 11) is 0. The molecule has 0 aliphatic heterocycles. The number of aromatic nitrogens is 2. The minimum Gasteiger partial charge on any atom is -0.309 e. The molecule has 1 saturated carbocycles. The number of nitrogens with one attached hydrogen (secondary N) is 2. The first-order chi connectivity index (χ1) is 12.2. The lowest BCUT2D eigenvalue weighted by Crippen LogP contribution is -2.14. The van der Waals surface area contributed by atoms with Gasteiger partial charge in [0.1, 0.15) is 0 Å². The van der Waals surface area contributed by atoms with E-state index in [2.05, 4.69) is 46.7 Å². The van der Waals surface area contributed by atoms with Gasteiger partial charge in [-0.05, 0) is 42.0 Å². The molecule has 1 amide bonds. The van der Waals surface area contributed by atoms with Crippen LogP contribution < -0.4 is 5.32 Å². The van der Waals surface area contributed by atoms with Crippen LogP contribution in [-0.2, 0) is 11.2 Å². The number of anilines is 1.